The van der Waals surface area contributed by atoms with Crippen molar-refractivity contribution < 1.29 is 0 Å². The number of anilines is 2. The Morgan fingerprint density at radius 3 is 2.08 bits per heavy atom. The van der Waals surface area contributed by atoms with E-state index in [9.17, 15) is 0 Å². The van der Waals surface area contributed by atoms with Crippen molar-refractivity contribution >= 4 is 48.0 Å². The summed E-state index contributed by atoms with van der Waals surface area (Å²) in [6, 6.07) is 3.82. The van der Waals surface area contributed by atoms with Crippen LogP contribution in [0, 0.1) is 6.92 Å². The average Bonchev–Trinajstić information content (AvgIpc) is 1.97. The third kappa shape index (κ3) is 3.55. The van der Waals surface area contributed by atoms with Crippen molar-refractivity contribution in [3.05, 3.63) is 17.7 Å². The summed E-state index contributed by atoms with van der Waals surface area (Å²) >= 11 is 1.61. The van der Waals surface area contributed by atoms with Crippen LogP contribution in [0.25, 0.3) is 0 Å². The molecule has 0 aliphatic carbocycles. The number of aryl methyl sites for hydroxylation is 1. The third-order valence-corrected chi connectivity index (χ3v) is 2.41. The second kappa shape index (κ2) is 6.24. The van der Waals surface area contributed by atoms with E-state index in [0.717, 1.165) is 21.8 Å². The maximum atomic E-state index is 5.72. The van der Waals surface area contributed by atoms with Gasteiger partial charge in [0.2, 0.25) is 0 Å². The standard InChI is InChI=1S/C8H12N2S.2ClH/c1-5-3-7(10)8(11-2)4-6(5)9;;/h3-4H,9-10H2,1-2H3;2*1H. The van der Waals surface area contributed by atoms with E-state index in [-0.39, 0.29) is 24.8 Å². The highest BCUT2D eigenvalue weighted by atomic mass is 35.5. The number of benzene rings is 1. The first kappa shape index (κ1) is 15.2. The summed E-state index contributed by atoms with van der Waals surface area (Å²) in [4.78, 5) is 1.05. The molecule has 1 aromatic carbocycles. The fraction of sp³-hybridized carbons (Fsp3) is 0.250. The highest BCUT2D eigenvalue weighted by Gasteiger charge is 2.00. The van der Waals surface area contributed by atoms with Crippen molar-refractivity contribution in [2.75, 3.05) is 17.7 Å². The molecule has 0 amide bonds. The van der Waals surface area contributed by atoms with Gasteiger partial charge in [0, 0.05) is 16.3 Å². The van der Waals surface area contributed by atoms with Gasteiger partial charge in [0.15, 0.2) is 0 Å². The molecule has 76 valence electrons. The Labute approximate surface area is 95.3 Å². The Kier molecular flexibility index (Phi) is 7.31. The van der Waals surface area contributed by atoms with Crippen molar-refractivity contribution in [1.82, 2.24) is 0 Å². The monoisotopic (exact) mass is 240 g/mol. The first-order valence-corrected chi connectivity index (χ1v) is 4.57. The Morgan fingerprint density at radius 1 is 1.08 bits per heavy atom. The van der Waals surface area contributed by atoms with E-state index in [2.05, 4.69) is 0 Å². The number of hydrogen-bond donors (Lipinski definition) is 2. The van der Waals surface area contributed by atoms with Gasteiger partial charge in [-0.3, -0.25) is 0 Å². The lowest BCUT2D eigenvalue weighted by atomic mass is 10.2. The van der Waals surface area contributed by atoms with E-state index in [1.54, 1.807) is 11.8 Å². The molecule has 0 fully saturated rings. The van der Waals surface area contributed by atoms with Gasteiger partial charge in [-0.2, -0.15) is 0 Å². The van der Waals surface area contributed by atoms with E-state index in [4.69, 9.17) is 11.5 Å². The lowest BCUT2D eigenvalue weighted by Gasteiger charge is -2.05. The highest BCUT2D eigenvalue weighted by Crippen LogP contribution is 2.27. The summed E-state index contributed by atoms with van der Waals surface area (Å²) in [6.45, 7) is 1.95. The molecule has 0 aromatic heterocycles. The van der Waals surface area contributed by atoms with Gasteiger partial charge in [-0.25, -0.2) is 0 Å². The maximum absolute atomic E-state index is 5.72. The third-order valence-electron chi connectivity index (χ3n) is 1.62. The molecule has 0 heterocycles. The zero-order valence-corrected chi connectivity index (χ0v) is 9.98. The van der Waals surface area contributed by atoms with Gasteiger partial charge in [-0.1, -0.05) is 0 Å². The SMILES string of the molecule is CSc1cc(N)c(C)cc1N.Cl.Cl. The minimum absolute atomic E-state index is 0. The van der Waals surface area contributed by atoms with Crippen LogP contribution in [0.2, 0.25) is 0 Å². The molecule has 0 unspecified atom stereocenters. The van der Waals surface area contributed by atoms with Crippen LogP contribution < -0.4 is 11.5 Å². The molecule has 1 aromatic rings. The van der Waals surface area contributed by atoms with Crippen LogP contribution in [0.15, 0.2) is 17.0 Å². The Morgan fingerprint density at radius 2 is 1.62 bits per heavy atom. The molecule has 0 saturated heterocycles. The minimum Gasteiger partial charge on any atom is -0.398 e. The molecule has 0 atom stereocenters. The van der Waals surface area contributed by atoms with Crippen LogP contribution in [-0.2, 0) is 0 Å². The average molecular weight is 241 g/mol. The maximum Gasteiger partial charge on any atom is 0.0456 e. The van der Waals surface area contributed by atoms with Gasteiger partial charge in [0.1, 0.15) is 0 Å². The van der Waals surface area contributed by atoms with Crippen LogP contribution >= 0.6 is 36.6 Å². The second-order valence-corrected chi connectivity index (χ2v) is 3.30. The van der Waals surface area contributed by atoms with Crippen LogP contribution in [0.3, 0.4) is 0 Å². The molecule has 1 rings (SSSR count). The number of halogens is 2. The van der Waals surface area contributed by atoms with Crippen molar-refractivity contribution in [1.29, 1.82) is 0 Å². The summed E-state index contributed by atoms with van der Waals surface area (Å²) in [5, 5.41) is 0. The van der Waals surface area contributed by atoms with Crippen LogP contribution in [-0.4, -0.2) is 6.26 Å². The second-order valence-electron chi connectivity index (χ2n) is 2.45. The summed E-state index contributed by atoms with van der Waals surface area (Å²) in [6.07, 6.45) is 1.99. The molecule has 0 aliphatic heterocycles. The predicted molar refractivity (Wildman–Crippen MR) is 66.3 cm³/mol. The fourth-order valence-corrected chi connectivity index (χ4v) is 1.44. The summed E-state index contributed by atoms with van der Waals surface area (Å²) < 4.78 is 0. The van der Waals surface area contributed by atoms with Gasteiger partial charge in [-0.05, 0) is 30.9 Å². The summed E-state index contributed by atoms with van der Waals surface area (Å²) in [7, 11) is 0. The zero-order chi connectivity index (χ0) is 8.43. The number of nitrogens with two attached hydrogens (primary N) is 2. The summed E-state index contributed by atoms with van der Waals surface area (Å²) in [5.74, 6) is 0. The van der Waals surface area contributed by atoms with E-state index in [1.807, 2.05) is 25.3 Å². The molecule has 13 heavy (non-hydrogen) atoms. The highest BCUT2D eigenvalue weighted by molar-refractivity contribution is 7.98. The molecular weight excluding hydrogens is 227 g/mol. The van der Waals surface area contributed by atoms with E-state index in [1.165, 1.54) is 0 Å². The van der Waals surface area contributed by atoms with Gasteiger partial charge >= 0.3 is 0 Å². The minimum atomic E-state index is 0. The molecule has 4 N–H and O–H groups in total. The number of nitrogen functional groups attached to an aromatic ring is 2. The molecule has 0 saturated carbocycles. The molecule has 0 bridgehead atoms. The summed E-state index contributed by atoms with van der Waals surface area (Å²) in [5.41, 5.74) is 14.1. The number of rotatable bonds is 1. The fourth-order valence-electron chi connectivity index (χ4n) is 0.903. The first-order chi connectivity index (χ1) is 5.15. The van der Waals surface area contributed by atoms with Crippen LogP contribution in [0.5, 0.6) is 0 Å². The molecular formula is C8H14Cl2N2S. The van der Waals surface area contributed by atoms with Crippen molar-refractivity contribution in [2.24, 2.45) is 0 Å². The molecule has 0 aliphatic rings. The van der Waals surface area contributed by atoms with Gasteiger partial charge in [-0.15, -0.1) is 36.6 Å². The number of hydrogen-bond acceptors (Lipinski definition) is 3. The van der Waals surface area contributed by atoms with E-state index < -0.39 is 0 Å². The Bertz CT molecular complexity index is 279. The van der Waals surface area contributed by atoms with E-state index >= 15 is 0 Å². The van der Waals surface area contributed by atoms with Crippen LogP contribution in [0.4, 0.5) is 11.4 Å². The Hall–Kier alpha value is -0.250. The van der Waals surface area contributed by atoms with Crippen LogP contribution in [0.1, 0.15) is 5.56 Å². The Balaban J connectivity index is 0. The van der Waals surface area contributed by atoms with E-state index in [0.29, 0.717) is 0 Å². The van der Waals surface area contributed by atoms with Crippen molar-refractivity contribution in [3.63, 3.8) is 0 Å². The normalized spacial score (nSPS) is 8.46. The molecule has 5 heteroatoms. The topological polar surface area (TPSA) is 52.0 Å². The molecule has 0 spiro atoms. The smallest absolute Gasteiger partial charge is 0.0456 e. The quantitative estimate of drug-likeness (QED) is 0.587. The lowest BCUT2D eigenvalue weighted by Crippen LogP contribution is -1.94. The zero-order valence-electron chi connectivity index (χ0n) is 7.53. The molecule has 2 nitrogen and oxygen atoms in total. The number of thioether (sulfide) groups is 1. The first-order valence-electron chi connectivity index (χ1n) is 3.34. The van der Waals surface area contributed by atoms with Gasteiger partial charge in [0.05, 0.1) is 0 Å². The van der Waals surface area contributed by atoms with Crippen molar-refractivity contribution in [2.45, 2.75) is 11.8 Å². The van der Waals surface area contributed by atoms with Gasteiger partial charge < -0.3 is 11.5 Å². The lowest BCUT2D eigenvalue weighted by molar-refractivity contribution is 1.39. The molecule has 0 radical (unpaired) electrons. The van der Waals surface area contributed by atoms with Gasteiger partial charge in [0.25, 0.3) is 0 Å². The largest absolute Gasteiger partial charge is 0.398 e. The van der Waals surface area contributed by atoms with Crippen molar-refractivity contribution in [3.8, 4) is 0 Å². The predicted octanol–water partition coefficient (Wildman–Crippen LogP) is 2.72.